The number of benzene rings is 1. The number of rotatable bonds is 4. The highest BCUT2D eigenvalue weighted by atomic mass is 16.4. The highest BCUT2D eigenvalue weighted by molar-refractivity contribution is 6.04. The maximum absolute atomic E-state index is 12.0. The fourth-order valence-electron chi connectivity index (χ4n) is 1.59. The van der Waals surface area contributed by atoms with Crippen molar-refractivity contribution in [2.75, 3.05) is 5.32 Å². The monoisotopic (exact) mass is 257 g/mol. The molecular formula is C13H11N3O3. The lowest BCUT2D eigenvalue weighted by Crippen LogP contribution is -2.17. The fourth-order valence-corrected chi connectivity index (χ4v) is 1.59. The van der Waals surface area contributed by atoms with Crippen molar-refractivity contribution in [2.45, 2.75) is 6.42 Å². The van der Waals surface area contributed by atoms with Gasteiger partial charge in [-0.3, -0.25) is 14.9 Å². The van der Waals surface area contributed by atoms with Crippen molar-refractivity contribution in [1.29, 1.82) is 0 Å². The van der Waals surface area contributed by atoms with E-state index >= 15 is 0 Å². The van der Waals surface area contributed by atoms with E-state index in [9.17, 15) is 9.59 Å². The van der Waals surface area contributed by atoms with Crippen LogP contribution in [0.3, 0.4) is 0 Å². The van der Waals surface area contributed by atoms with E-state index in [4.69, 9.17) is 5.11 Å². The van der Waals surface area contributed by atoms with Crippen LogP contribution in [0.2, 0.25) is 0 Å². The zero-order chi connectivity index (χ0) is 13.7. The summed E-state index contributed by atoms with van der Waals surface area (Å²) < 4.78 is 0. The van der Waals surface area contributed by atoms with Crippen molar-refractivity contribution in [3.8, 4) is 0 Å². The van der Waals surface area contributed by atoms with Gasteiger partial charge >= 0.3 is 5.97 Å². The van der Waals surface area contributed by atoms with Crippen LogP contribution in [0, 0.1) is 0 Å². The first-order valence-electron chi connectivity index (χ1n) is 5.55. The average molecular weight is 257 g/mol. The van der Waals surface area contributed by atoms with Crippen LogP contribution >= 0.6 is 0 Å². The second-order valence-corrected chi connectivity index (χ2v) is 3.75. The summed E-state index contributed by atoms with van der Waals surface area (Å²) >= 11 is 0. The lowest BCUT2D eigenvalue weighted by atomic mass is 10.0. The molecule has 0 aliphatic heterocycles. The first kappa shape index (κ1) is 12.7. The lowest BCUT2D eigenvalue weighted by molar-refractivity contribution is -0.136. The zero-order valence-electron chi connectivity index (χ0n) is 9.91. The Kier molecular flexibility index (Phi) is 3.82. The molecule has 0 saturated carbocycles. The number of hydrogen-bond acceptors (Lipinski definition) is 4. The Morgan fingerprint density at radius 3 is 2.47 bits per heavy atom. The topological polar surface area (TPSA) is 92.2 Å². The molecule has 1 aromatic heterocycles. The number of anilines is 1. The van der Waals surface area contributed by atoms with Crippen molar-refractivity contribution in [2.24, 2.45) is 0 Å². The quantitative estimate of drug-likeness (QED) is 0.862. The summed E-state index contributed by atoms with van der Waals surface area (Å²) in [5, 5.41) is 11.3. The standard InChI is InChI=1S/C13H11N3O3/c17-11(18)8-9-4-1-2-5-10(9)12(19)16-13-14-6-3-7-15-13/h1-7H,8H2,(H,17,18)(H,14,15,16,19). The molecule has 2 rings (SSSR count). The van der Waals surface area contributed by atoms with Gasteiger partial charge in [-0.25, -0.2) is 9.97 Å². The van der Waals surface area contributed by atoms with E-state index in [1.807, 2.05) is 0 Å². The predicted octanol–water partition coefficient (Wildman–Crippen LogP) is 1.36. The third kappa shape index (κ3) is 3.35. The molecule has 1 aromatic carbocycles. The normalized spacial score (nSPS) is 9.89. The minimum Gasteiger partial charge on any atom is -0.481 e. The molecule has 0 aliphatic rings. The lowest BCUT2D eigenvalue weighted by Gasteiger charge is -2.07. The molecule has 6 nitrogen and oxygen atoms in total. The van der Waals surface area contributed by atoms with Crippen molar-refractivity contribution in [1.82, 2.24) is 9.97 Å². The van der Waals surface area contributed by atoms with E-state index in [1.54, 1.807) is 30.3 Å². The molecule has 6 heteroatoms. The minimum atomic E-state index is -0.990. The smallest absolute Gasteiger partial charge is 0.307 e. The number of carbonyl (C=O) groups excluding carboxylic acids is 1. The predicted molar refractivity (Wildman–Crippen MR) is 67.8 cm³/mol. The van der Waals surface area contributed by atoms with Gasteiger partial charge < -0.3 is 5.11 Å². The Morgan fingerprint density at radius 1 is 1.11 bits per heavy atom. The molecule has 96 valence electrons. The highest BCUT2D eigenvalue weighted by Crippen LogP contribution is 2.11. The zero-order valence-corrected chi connectivity index (χ0v) is 9.91. The van der Waals surface area contributed by atoms with Crippen LogP contribution in [0.1, 0.15) is 15.9 Å². The van der Waals surface area contributed by atoms with E-state index in [0.29, 0.717) is 11.1 Å². The van der Waals surface area contributed by atoms with Gasteiger partial charge in [-0.2, -0.15) is 0 Å². The third-order valence-corrected chi connectivity index (χ3v) is 2.39. The van der Waals surface area contributed by atoms with E-state index in [1.165, 1.54) is 12.4 Å². The Balaban J connectivity index is 2.21. The number of aromatic nitrogens is 2. The van der Waals surface area contributed by atoms with Crippen LogP contribution in [0.4, 0.5) is 5.95 Å². The van der Waals surface area contributed by atoms with E-state index < -0.39 is 11.9 Å². The summed E-state index contributed by atoms with van der Waals surface area (Å²) in [7, 11) is 0. The van der Waals surface area contributed by atoms with Crippen molar-refractivity contribution < 1.29 is 14.7 Å². The molecule has 19 heavy (non-hydrogen) atoms. The molecular weight excluding hydrogens is 246 g/mol. The second-order valence-electron chi connectivity index (χ2n) is 3.75. The van der Waals surface area contributed by atoms with Gasteiger partial charge in [0, 0.05) is 18.0 Å². The van der Waals surface area contributed by atoms with Gasteiger partial charge in [-0.15, -0.1) is 0 Å². The van der Waals surface area contributed by atoms with E-state index in [-0.39, 0.29) is 12.4 Å². The van der Waals surface area contributed by atoms with Crippen LogP contribution in [0.25, 0.3) is 0 Å². The minimum absolute atomic E-state index is 0.178. The number of aliphatic carboxylic acids is 1. The van der Waals surface area contributed by atoms with Gasteiger partial charge in [0.15, 0.2) is 0 Å². The van der Waals surface area contributed by atoms with Crippen LogP contribution in [0.5, 0.6) is 0 Å². The summed E-state index contributed by atoms with van der Waals surface area (Å²) in [6.07, 6.45) is 2.80. The number of nitrogens with zero attached hydrogens (tertiary/aromatic N) is 2. The molecule has 2 N–H and O–H groups in total. The maximum atomic E-state index is 12.0. The number of carboxylic acids is 1. The molecule has 0 fully saturated rings. The molecule has 1 amide bonds. The summed E-state index contributed by atoms with van der Waals surface area (Å²) in [6, 6.07) is 8.17. The van der Waals surface area contributed by atoms with E-state index in [2.05, 4.69) is 15.3 Å². The average Bonchev–Trinajstić information content (AvgIpc) is 2.39. The van der Waals surface area contributed by atoms with Gasteiger partial charge in [0.2, 0.25) is 5.95 Å². The van der Waals surface area contributed by atoms with Crippen LogP contribution < -0.4 is 5.32 Å². The molecule has 0 unspecified atom stereocenters. The highest BCUT2D eigenvalue weighted by Gasteiger charge is 2.13. The Bertz CT molecular complexity index is 599. The molecule has 0 aliphatic carbocycles. The van der Waals surface area contributed by atoms with Gasteiger partial charge in [-0.05, 0) is 17.7 Å². The maximum Gasteiger partial charge on any atom is 0.307 e. The van der Waals surface area contributed by atoms with Crippen molar-refractivity contribution >= 4 is 17.8 Å². The summed E-state index contributed by atoms with van der Waals surface area (Å²) in [5.74, 6) is -1.24. The second kappa shape index (κ2) is 5.72. The van der Waals surface area contributed by atoms with Crippen LogP contribution in [-0.4, -0.2) is 27.0 Å². The summed E-state index contributed by atoms with van der Waals surface area (Å²) in [5.41, 5.74) is 0.751. The number of carbonyl (C=O) groups is 2. The molecule has 0 saturated heterocycles. The van der Waals surface area contributed by atoms with Gasteiger partial charge in [0.05, 0.1) is 6.42 Å². The number of nitrogens with one attached hydrogen (secondary N) is 1. The molecule has 0 atom stereocenters. The first-order valence-corrected chi connectivity index (χ1v) is 5.55. The van der Waals surface area contributed by atoms with Gasteiger partial charge in [0.1, 0.15) is 0 Å². The van der Waals surface area contributed by atoms with Crippen LogP contribution in [0.15, 0.2) is 42.7 Å². The van der Waals surface area contributed by atoms with Gasteiger partial charge in [-0.1, -0.05) is 18.2 Å². The SMILES string of the molecule is O=C(O)Cc1ccccc1C(=O)Nc1ncccn1. The first-order chi connectivity index (χ1) is 9.16. The molecule has 0 bridgehead atoms. The molecule has 0 spiro atoms. The van der Waals surface area contributed by atoms with Gasteiger partial charge in [0.25, 0.3) is 5.91 Å². The molecule has 0 radical (unpaired) electrons. The summed E-state index contributed by atoms with van der Waals surface area (Å²) in [6.45, 7) is 0. The van der Waals surface area contributed by atoms with E-state index in [0.717, 1.165) is 0 Å². The molecule has 2 aromatic rings. The Morgan fingerprint density at radius 2 is 1.79 bits per heavy atom. The number of carboxylic acid groups (broad SMARTS) is 1. The summed E-state index contributed by atoms with van der Waals surface area (Å²) in [4.78, 5) is 30.5. The largest absolute Gasteiger partial charge is 0.481 e. The molecule has 1 heterocycles. The Labute approximate surface area is 109 Å². The van der Waals surface area contributed by atoms with Crippen molar-refractivity contribution in [3.05, 3.63) is 53.9 Å². The Hall–Kier alpha value is -2.76. The third-order valence-electron chi connectivity index (χ3n) is 2.39. The number of hydrogen-bond donors (Lipinski definition) is 2. The van der Waals surface area contributed by atoms with Crippen LogP contribution in [-0.2, 0) is 11.2 Å². The fraction of sp³-hybridized carbons (Fsp3) is 0.0769. The number of amides is 1. The van der Waals surface area contributed by atoms with Crippen molar-refractivity contribution in [3.63, 3.8) is 0 Å².